The highest BCUT2D eigenvalue weighted by Gasteiger charge is 2.20. The van der Waals surface area contributed by atoms with Gasteiger partial charge in [-0.25, -0.2) is 9.37 Å². The van der Waals surface area contributed by atoms with Crippen molar-refractivity contribution in [3.63, 3.8) is 0 Å². The Labute approximate surface area is 122 Å². The predicted molar refractivity (Wildman–Crippen MR) is 80.8 cm³/mol. The average molecular weight is 297 g/mol. The molecular formula is C14H20FN3OS. The minimum atomic E-state index is -0.568. The molecule has 1 aromatic rings. The van der Waals surface area contributed by atoms with Crippen LogP contribution in [0.25, 0.3) is 0 Å². The van der Waals surface area contributed by atoms with Crippen molar-refractivity contribution in [2.24, 2.45) is 0 Å². The van der Waals surface area contributed by atoms with E-state index in [0.29, 0.717) is 6.54 Å². The first-order valence-corrected chi connectivity index (χ1v) is 8.14. The summed E-state index contributed by atoms with van der Waals surface area (Å²) < 4.78 is 14.2. The number of halogens is 1. The first kappa shape index (κ1) is 15.1. The molecule has 0 saturated carbocycles. The van der Waals surface area contributed by atoms with Gasteiger partial charge in [0.15, 0.2) is 11.6 Å². The molecule has 2 N–H and O–H groups in total. The van der Waals surface area contributed by atoms with Gasteiger partial charge in [-0.15, -0.1) is 0 Å². The van der Waals surface area contributed by atoms with E-state index < -0.39 is 5.82 Å². The van der Waals surface area contributed by atoms with Crippen LogP contribution in [-0.2, 0) is 0 Å². The van der Waals surface area contributed by atoms with Gasteiger partial charge < -0.3 is 10.6 Å². The number of anilines is 1. The number of carbonyl (C=O) groups excluding carboxylic acids is 1. The molecule has 0 radical (unpaired) electrons. The number of pyridine rings is 1. The molecule has 2 heterocycles. The van der Waals surface area contributed by atoms with Gasteiger partial charge >= 0.3 is 0 Å². The van der Waals surface area contributed by atoms with Gasteiger partial charge in [-0.2, -0.15) is 11.8 Å². The quantitative estimate of drug-likeness (QED) is 0.877. The smallest absolute Gasteiger partial charge is 0.254 e. The number of hydrogen-bond acceptors (Lipinski definition) is 4. The normalized spacial score (nSPS) is 18.6. The van der Waals surface area contributed by atoms with Crippen molar-refractivity contribution in [1.29, 1.82) is 0 Å². The molecule has 1 aliphatic rings. The van der Waals surface area contributed by atoms with Crippen molar-refractivity contribution in [2.75, 3.05) is 23.4 Å². The summed E-state index contributed by atoms with van der Waals surface area (Å²) in [5.74, 6) is 1.27. The third-order valence-electron chi connectivity index (χ3n) is 3.17. The molecule has 0 spiro atoms. The highest BCUT2D eigenvalue weighted by Crippen LogP contribution is 2.19. The summed E-state index contributed by atoms with van der Waals surface area (Å²) >= 11 is 1.83. The van der Waals surface area contributed by atoms with E-state index in [1.54, 1.807) is 0 Å². The molecule has 1 saturated heterocycles. The van der Waals surface area contributed by atoms with Crippen LogP contribution < -0.4 is 10.6 Å². The zero-order valence-electron chi connectivity index (χ0n) is 11.6. The second kappa shape index (κ2) is 7.47. The molecule has 2 rings (SSSR count). The van der Waals surface area contributed by atoms with Crippen molar-refractivity contribution in [1.82, 2.24) is 10.3 Å². The van der Waals surface area contributed by atoms with E-state index in [2.05, 4.69) is 15.6 Å². The third kappa shape index (κ3) is 3.85. The van der Waals surface area contributed by atoms with E-state index in [9.17, 15) is 9.18 Å². The van der Waals surface area contributed by atoms with E-state index in [1.165, 1.54) is 12.3 Å². The summed E-state index contributed by atoms with van der Waals surface area (Å²) in [5.41, 5.74) is 0.0641. The van der Waals surface area contributed by atoms with Gasteiger partial charge in [0, 0.05) is 24.5 Å². The van der Waals surface area contributed by atoms with E-state index in [-0.39, 0.29) is 23.3 Å². The molecular weight excluding hydrogens is 277 g/mol. The van der Waals surface area contributed by atoms with E-state index in [4.69, 9.17) is 0 Å². The molecule has 4 nitrogen and oxygen atoms in total. The Morgan fingerprint density at radius 1 is 1.60 bits per heavy atom. The lowest BCUT2D eigenvalue weighted by atomic mass is 10.1. The van der Waals surface area contributed by atoms with Gasteiger partial charge in [-0.1, -0.05) is 6.92 Å². The minimum Gasteiger partial charge on any atom is -0.368 e. The highest BCUT2D eigenvalue weighted by atomic mass is 32.2. The van der Waals surface area contributed by atoms with Gasteiger partial charge in [0.2, 0.25) is 0 Å². The Kier molecular flexibility index (Phi) is 5.64. The van der Waals surface area contributed by atoms with Crippen LogP contribution in [0.2, 0.25) is 0 Å². The van der Waals surface area contributed by atoms with Crippen molar-refractivity contribution in [3.05, 3.63) is 23.6 Å². The average Bonchev–Trinajstić information content (AvgIpc) is 2.47. The highest BCUT2D eigenvalue weighted by molar-refractivity contribution is 7.99. The molecule has 1 aliphatic heterocycles. The molecule has 0 bridgehead atoms. The summed E-state index contributed by atoms with van der Waals surface area (Å²) in [6.45, 7) is 2.62. The van der Waals surface area contributed by atoms with Crippen LogP contribution in [0.15, 0.2) is 12.3 Å². The van der Waals surface area contributed by atoms with Crippen LogP contribution in [-0.4, -0.2) is 35.0 Å². The van der Waals surface area contributed by atoms with Gasteiger partial charge in [0.1, 0.15) is 0 Å². The van der Waals surface area contributed by atoms with Gasteiger partial charge in [0.05, 0.1) is 5.56 Å². The van der Waals surface area contributed by atoms with E-state index >= 15 is 0 Å². The fourth-order valence-electron chi connectivity index (χ4n) is 2.10. The minimum absolute atomic E-state index is 0.0641. The Bertz CT molecular complexity index is 464. The van der Waals surface area contributed by atoms with Crippen LogP contribution >= 0.6 is 11.8 Å². The maximum absolute atomic E-state index is 14.2. The zero-order valence-corrected chi connectivity index (χ0v) is 12.4. The maximum atomic E-state index is 14.2. The van der Waals surface area contributed by atoms with Crippen LogP contribution in [0.4, 0.5) is 10.2 Å². The van der Waals surface area contributed by atoms with Crippen molar-refractivity contribution in [3.8, 4) is 0 Å². The number of thioether (sulfide) groups is 1. The van der Waals surface area contributed by atoms with E-state index in [0.717, 1.165) is 30.8 Å². The van der Waals surface area contributed by atoms with Crippen molar-refractivity contribution < 1.29 is 9.18 Å². The first-order valence-electron chi connectivity index (χ1n) is 6.99. The lowest BCUT2D eigenvalue weighted by Crippen LogP contribution is -2.38. The lowest BCUT2D eigenvalue weighted by Gasteiger charge is -2.22. The molecule has 0 aliphatic carbocycles. The lowest BCUT2D eigenvalue weighted by molar-refractivity contribution is 0.0934. The zero-order chi connectivity index (χ0) is 14.4. The molecule has 1 unspecified atom stereocenters. The summed E-state index contributed by atoms with van der Waals surface area (Å²) in [4.78, 5) is 16.1. The maximum Gasteiger partial charge on any atom is 0.254 e. The Hall–Kier alpha value is -1.30. The molecule has 6 heteroatoms. The summed E-state index contributed by atoms with van der Waals surface area (Å²) in [6.07, 6.45) is 4.40. The monoisotopic (exact) mass is 297 g/mol. The molecule has 1 amide bonds. The van der Waals surface area contributed by atoms with Crippen LogP contribution in [0, 0.1) is 5.82 Å². The van der Waals surface area contributed by atoms with Crippen LogP contribution in [0.3, 0.4) is 0 Å². The molecule has 1 aromatic heterocycles. The molecule has 20 heavy (non-hydrogen) atoms. The Balaban J connectivity index is 2.04. The third-order valence-corrected chi connectivity index (χ3v) is 4.39. The molecule has 1 fully saturated rings. The topological polar surface area (TPSA) is 54.0 Å². The van der Waals surface area contributed by atoms with E-state index in [1.807, 2.05) is 18.7 Å². The second-order valence-electron chi connectivity index (χ2n) is 4.84. The number of carbonyl (C=O) groups is 1. The number of nitrogens with one attached hydrogen (secondary N) is 2. The molecule has 110 valence electrons. The number of aromatic nitrogens is 1. The van der Waals surface area contributed by atoms with Gasteiger partial charge in [-0.3, -0.25) is 4.79 Å². The largest absolute Gasteiger partial charge is 0.368 e. The summed E-state index contributed by atoms with van der Waals surface area (Å²) in [7, 11) is 0. The van der Waals surface area contributed by atoms with Gasteiger partial charge in [-0.05, 0) is 31.1 Å². The van der Waals surface area contributed by atoms with Crippen LogP contribution in [0.1, 0.15) is 36.5 Å². The number of hydrogen-bond donors (Lipinski definition) is 2. The second-order valence-corrected chi connectivity index (χ2v) is 5.99. The van der Waals surface area contributed by atoms with Gasteiger partial charge in [0.25, 0.3) is 5.91 Å². The summed E-state index contributed by atoms with van der Waals surface area (Å²) in [6, 6.07) is 1.57. The Morgan fingerprint density at radius 2 is 2.45 bits per heavy atom. The standard InChI is InChI=1S/C14H20FN3OS/c1-2-6-16-13-12(15)11(5-7-17-13)14(19)18-10-4-3-8-20-9-10/h5,7,10H,2-4,6,8-9H2,1H3,(H,16,17)(H,18,19). The SMILES string of the molecule is CCCNc1nccc(C(=O)NC2CCCSC2)c1F. The fourth-order valence-corrected chi connectivity index (χ4v) is 3.18. The van der Waals surface area contributed by atoms with Crippen molar-refractivity contribution >= 4 is 23.5 Å². The Morgan fingerprint density at radius 3 is 3.15 bits per heavy atom. The summed E-state index contributed by atoms with van der Waals surface area (Å²) in [5, 5.41) is 5.80. The number of nitrogens with zero attached hydrogens (tertiary/aromatic N) is 1. The number of amides is 1. The molecule has 1 atom stereocenters. The molecule has 0 aromatic carbocycles. The van der Waals surface area contributed by atoms with Crippen LogP contribution in [0.5, 0.6) is 0 Å². The fraction of sp³-hybridized carbons (Fsp3) is 0.571. The van der Waals surface area contributed by atoms with Crippen molar-refractivity contribution in [2.45, 2.75) is 32.2 Å². The predicted octanol–water partition coefficient (Wildman–Crippen LogP) is 2.67. The number of rotatable bonds is 5. The first-order chi connectivity index (χ1) is 9.72.